The number of likely N-dealkylation sites (tertiary alicyclic amines) is 1. The third kappa shape index (κ3) is 9.75. The summed E-state index contributed by atoms with van der Waals surface area (Å²) in [5.74, 6) is -0.852. The predicted molar refractivity (Wildman–Crippen MR) is 109 cm³/mol. The number of hydrogen-bond donors (Lipinski definition) is 2. The fourth-order valence-corrected chi connectivity index (χ4v) is 2.48. The fourth-order valence-electron chi connectivity index (χ4n) is 2.48. The van der Waals surface area contributed by atoms with Gasteiger partial charge in [-0.1, -0.05) is 37.3 Å². The average Bonchev–Trinajstić information content (AvgIpc) is 2.66. The zero-order valence-electron chi connectivity index (χ0n) is 16.4. The highest BCUT2D eigenvalue weighted by Gasteiger charge is 2.12. The van der Waals surface area contributed by atoms with Gasteiger partial charge in [0.1, 0.15) is 5.82 Å². The fraction of sp³-hybridized carbons (Fsp3) is 0.409. The molecule has 3 N–H and O–H groups in total. The van der Waals surface area contributed by atoms with E-state index in [0.717, 1.165) is 11.6 Å². The van der Waals surface area contributed by atoms with E-state index in [-0.39, 0.29) is 5.82 Å². The zero-order chi connectivity index (χ0) is 20.2. The Balaban J connectivity index is 0.000000212. The Labute approximate surface area is 161 Å². The van der Waals surface area contributed by atoms with E-state index in [0.29, 0.717) is 5.56 Å². The largest absolute Gasteiger partial charge is 0.481 e. The van der Waals surface area contributed by atoms with Crippen molar-refractivity contribution in [2.45, 2.75) is 32.6 Å². The van der Waals surface area contributed by atoms with Gasteiger partial charge in [-0.2, -0.15) is 0 Å². The SMILES string of the molecule is CC(C(=O)O)c1ccc(F)cc1.CC1CCN(C)CC1.Nc1ccccc1. The molecule has 0 radical (unpaired) electrons. The number of halogens is 1. The molecule has 1 fully saturated rings. The highest BCUT2D eigenvalue weighted by Crippen LogP contribution is 2.15. The van der Waals surface area contributed by atoms with E-state index in [1.807, 2.05) is 30.3 Å². The van der Waals surface area contributed by atoms with Crippen molar-refractivity contribution in [1.29, 1.82) is 0 Å². The molecule has 5 heteroatoms. The Morgan fingerprint density at radius 3 is 2.00 bits per heavy atom. The van der Waals surface area contributed by atoms with Crippen LogP contribution in [0.2, 0.25) is 0 Å². The van der Waals surface area contributed by atoms with E-state index >= 15 is 0 Å². The number of carbonyl (C=O) groups is 1. The van der Waals surface area contributed by atoms with Crippen LogP contribution in [0.3, 0.4) is 0 Å². The molecule has 148 valence electrons. The summed E-state index contributed by atoms with van der Waals surface area (Å²) in [6.45, 7) is 6.52. The number of nitrogen functional groups attached to an aromatic ring is 1. The normalized spacial score (nSPS) is 15.6. The first-order valence-corrected chi connectivity index (χ1v) is 9.27. The van der Waals surface area contributed by atoms with Crippen molar-refractivity contribution < 1.29 is 14.3 Å². The van der Waals surface area contributed by atoms with Gasteiger partial charge in [0.2, 0.25) is 0 Å². The van der Waals surface area contributed by atoms with Crippen molar-refractivity contribution in [2.75, 3.05) is 25.9 Å². The molecule has 2 aromatic rings. The second kappa shape index (κ2) is 12.1. The molecule has 0 spiro atoms. The number of para-hydroxylation sites is 1. The Hall–Kier alpha value is -2.40. The van der Waals surface area contributed by atoms with Crippen molar-refractivity contribution >= 4 is 11.7 Å². The summed E-state index contributed by atoms with van der Waals surface area (Å²) < 4.78 is 12.4. The zero-order valence-corrected chi connectivity index (χ0v) is 16.4. The number of aliphatic carboxylic acids is 1. The van der Waals surface area contributed by atoms with Crippen LogP contribution in [0.15, 0.2) is 54.6 Å². The average molecular weight is 375 g/mol. The molecular weight excluding hydrogens is 343 g/mol. The summed E-state index contributed by atoms with van der Waals surface area (Å²) in [6, 6.07) is 15.0. The van der Waals surface area contributed by atoms with E-state index < -0.39 is 11.9 Å². The molecule has 0 bridgehead atoms. The van der Waals surface area contributed by atoms with Crippen LogP contribution in [-0.2, 0) is 4.79 Å². The molecule has 0 saturated carbocycles. The molecule has 2 aromatic carbocycles. The lowest BCUT2D eigenvalue weighted by Crippen LogP contribution is -2.28. The molecule has 3 rings (SSSR count). The predicted octanol–water partition coefficient (Wildman–Crippen LogP) is 4.63. The van der Waals surface area contributed by atoms with E-state index in [2.05, 4.69) is 18.9 Å². The highest BCUT2D eigenvalue weighted by molar-refractivity contribution is 5.75. The summed E-state index contributed by atoms with van der Waals surface area (Å²) in [4.78, 5) is 12.9. The Morgan fingerprint density at radius 1 is 1.11 bits per heavy atom. The van der Waals surface area contributed by atoms with Crippen molar-refractivity contribution in [3.63, 3.8) is 0 Å². The highest BCUT2D eigenvalue weighted by atomic mass is 19.1. The first kappa shape index (κ1) is 22.6. The molecule has 0 aromatic heterocycles. The van der Waals surface area contributed by atoms with Gasteiger partial charge in [0.15, 0.2) is 0 Å². The summed E-state index contributed by atoms with van der Waals surface area (Å²) in [5.41, 5.74) is 6.79. The smallest absolute Gasteiger partial charge is 0.310 e. The summed E-state index contributed by atoms with van der Waals surface area (Å²) in [7, 11) is 2.20. The molecule has 1 heterocycles. The van der Waals surface area contributed by atoms with Crippen molar-refractivity contribution in [3.05, 3.63) is 66.0 Å². The first-order chi connectivity index (χ1) is 12.8. The number of hydrogen-bond acceptors (Lipinski definition) is 3. The molecule has 1 saturated heterocycles. The van der Waals surface area contributed by atoms with Gasteiger partial charge in [-0.05, 0) is 75.6 Å². The van der Waals surface area contributed by atoms with E-state index in [9.17, 15) is 9.18 Å². The van der Waals surface area contributed by atoms with Gasteiger partial charge in [0.05, 0.1) is 5.92 Å². The second-order valence-electron chi connectivity index (χ2n) is 7.01. The summed E-state index contributed by atoms with van der Waals surface area (Å²) >= 11 is 0. The van der Waals surface area contributed by atoms with Crippen LogP contribution in [0.5, 0.6) is 0 Å². The quantitative estimate of drug-likeness (QED) is 0.752. The van der Waals surface area contributed by atoms with Crippen molar-refractivity contribution in [3.8, 4) is 0 Å². The molecule has 1 atom stereocenters. The number of benzene rings is 2. The Morgan fingerprint density at radius 2 is 1.63 bits per heavy atom. The minimum absolute atomic E-state index is 0.351. The lowest BCUT2D eigenvalue weighted by Gasteiger charge is -2.26. The van der Waals surface area contributed by atoms with Crippen LogP contribution in [0, 0.1) is 11.7 Å². The van der Waals surface area contributed by atoms with Crippen LogP contribution in [0.25, 0.3) is 0 Å². The van der Waals surface area contributed by atoms with Crippen LogP contribution in [-0.4, -0.2) is 36.1 Å². The first-order valence-electron chi connectivity index (χ1n) is 9.27. The van der Waals surface area contributed by atoms with E-state index in [4.69, 9.17) is 10.8 Å². The Bertz CT molecular complexity index is 644. The third-order valence-corrected chi connectivity index (χ3v) is 4.55. The van der Waals surface area contributed by atoms with Crippen LogP contribution in [0.1, 0.15) is 38.2 Å². The van der Waals surface area contributed by atoms with E-state index in [1.54, 1.807) is 6.92 Å². The summed E-state index contributed by atoms with van der Waals surface area (Å²) in [5, 5.41) is 8.61. The minimum atomic E-state index is -0.901. The number of anilines is 1. The number of carboxylic acids is 1. The molecular formula is C22H31FN2O2. The lowest BCUT2D eigenvalue weighted by molar-refractivity contribution is -0.138. The van der Waals surface area contributed by atoms with Gasteiger partial charge in [-0.25, -0.2) is 4.39 Å². The molecule has 1 aliphatic rings. The molecule has 1 aliphatic heterocycles. The number of rotatable bonds is 2. The molecule has 27 heavy (non-hydrogen) atoms. The molecule has 1 unspecified atom stereocenters. The Kier molecular flexibility index (Phi) is 10.1. The van der Waals surface area contributed by atoms with E-state index in [1.165, 1.54) is 50.2 Å². The minimum Gasteiger partial charge on any atom is -0.481 e. The van der Waals surface area contributed by atoms with Crippen LogP contribution < -0.4 is 5.73 Å². The molecule has 0 aliphatic carbocycles. The number of piperidine rings is 1. The topological polar surface area (TPSA) is 66.6 Å². The van der Waals surface area contributed by atoms with Crippen molar-refractivity contribution in [2.24, 2.45) is 5.92 Å². The number of carboxylic acid groups (broad SMARTS) is 1. The standard InChI is InChI=1S/C9H9FO2.C7H15N.C6H7N/c1-6(9(11)12)7-2-4-8(10)5-3-7;1-7-3-5-8(2)6-4-7;7-6-4-2-1-3-5-6/h2-6H,1H3,(H,11,12);7H,3-6H2,1-2H3;1-5H,7H2. The van der Waals surface area contributed by atoms with Gasteiger partial charge >= 0.3 is 5.97 Å². The molecule has 0 amide bonds. The maximum Gasteiger partial charge on any atom is 0.310 e. The summed E-state index contributed by atoms with van der Waals surface area (Å²) in [6.07, 6.45) is 2.80. The van der Waals surface area contributed by atoms with Gasteiger partial charge in [0, 0.05) is 5.69 Å². The lowest BCUT2D eigenvalue weighted by atomic mass is 10.00. The monoisotopic (exact) mass is 374 g/mol. The maximum atomic E-state index is 12.4. The number of nitrogens with zero attached hydrogens (tertiary/aromatic N) is 1. The third-order valence-electron chi connectivity index (χ3n) is 4.55. The van der Waals surface area contributed by atoms with Crippen LogP contribution in [0.4, 0.5) is 10.1 Å². The van der Waals surface area contributed by atoms with Gasteiger partial charge in [-0.3, -0.25) is 4.79 Å². The molecule has 4 nitrogen and oxygen atoms in total. The maximum absolute atomic E-state index is 12.4. The van der Waals surface area contributed by atoms with Crippen LogP contribution >= 0.6 is 0 Å². The van der Waals surface area contributed by atoms with Gasteiger partial charge < -0.3 is 15.7 Å². The van der Waals surface area contributed by atoms with Gasteiger partial charge in [-0.15, -0.1) is 0 Å². The second-order valence-corrected chi connectivity index (χ2v) is 7.01. The van der Waals surface area contributed by atoms with Gasteiger partial charge in [0.25, 0.3) is 0 Å². The number of nitrogens with two attached hydrogens (primary N) is 1. The van der Waals surface area contributed by atoms with Crippen molar-refractivity contribution in [1.82, 2.24) is 4.90 Å².